The molecule has 2 atom stereocenters. The Morgan fingerprint density at radius 2 is 1.85 bits per heavy atom. The van der Waals surface area contributed by atoms with E-state index in [2.05, 4.69) is 0 Å². The van der Waals surface area contributed by atoms with Gasteiger partial charge in [0, 0.05) is 26.0 Å². The van der Waals surface area contributed by atoms with Crippen LogP contribution in [0.3, 0.4) is 0 Å². The smallest absolute Gasteiger partial charge is 0.411 e. The summed E-state index contributed by atoms with van der Waals surface area (Å²) in [5.74, 6) is -0.196. The van der Waals surface area contributed by atoms with Crippen LogP contribution < -0.4 is 0 Å². The minimum Gasteiger partial charge on any atom is -0.508 e. The molecule has 0 bridgehead atoms. The first kappa shape index (κ1) is 18.2. The number of halogens is 1. The lowest BCUT2D eigenvalue weighted by atomic mass is 9.85. The second-order valence-corrected chi connectivity index (χ2v) is 6.55. The van der Waals surface area contributed by atoms with Gasteiger partial charge in [-0.05, 0) is 42.3 Å². The zero-order chi connectivity index (χ0) is 18.7. The van der Waals surface area contributed by atoms with E-state index in [9.17, 15) is 19.4 Å². The number of nitrogens with zero attached hydrogens (tertiary/aromatic N) is 1. The van der Waals surface area contributed by atoms with Gasteiger partial charge in [-0.2, -0.15) is 0 Å². The molecule has 1 fully saturated rings. The van der Waals surface area contributed by atoms with Crippen LogP contribution in [0.4, 0.5) is 9.18 Å². The van der Waals surface area contributed by atoms with Gasteiger partial charge in [-0.15, -0.1) is 0 Å². The molecule has 138 valence electrons. The molecule has 0 radical (unpaired) electrons. The molecule has 1 saturated heterocycles. The number of cyclic esters (lactones) is 1. The standard InChI is InChI=1S/C20H22FNO4/c1-14(15-2-8-18(24)9-3-15)22-12-10-20(11-13-23,26-19(22)25)16-4-6-17(21)7-5-16/h2-9,14,23-24H,10-13H2,1H3/t14-,20-/m0/s1. The number of aliphatic hydroxyl groups is 1. The fourth-order valence-electron chi connectivity index (χ4n) is 3.41. The zero-order valence-corrected chi connectivity index (χ0v) is 14.6. The highest BCUT2D eigenvalue weighted by molar-refractivity contribution is 5.70. The van der Waals surface area contributed by atoms with Crippen molar-refractivity contribution in [3.8, 4) is 5.75 Å². The number of aliphatic hydroxyl groups excluding tert-OH is 1. The van der Waals surface area contributed by atoms with Crippen molar-refractivity contribution in [1.82, 2.24) is 4.90 Å². The summed E-state index contributed by atoms with van der Waals surface area (Å²) in [5.41, 5.74) is 0.611. The van der Waals surface area contributed by atoms with Crippen molar-refractivity contribution in [3.05, 3.63) is 65.5 Å². The van der Waals surface area contributed by atoms with Crippen LogP contribution in [0.1, 0.15) is 36.9 Å². The number of carbonyl (C=O) groups is 1. The van der Waals surface area contributed by atoms with E-state index in [1.165, 1.54) is 12.1 Å². The van der Waals surface area contributed by atoms with E-state index in [4.69, 9.17) is 4.74 Å². The van der Waals surface area contributed by atoms with E-state index in [0.29, 0.717) is 18.5 Å². The van der Waals surface area contributed by atoms with Crippen molar-refractivity contribution >= 4 is 6.09 Å². The number of hydrogen-bond donors (Lipinski definition) is 2. The molecule has 1 amide bonds. The molecule has 26 heavy (non-hydrogen) atoms. The van der Waals surface area contributed by atoms with E-state index < -0.39 is 11.7 Å². The summed E-state index contributed by atoms with van der Waals surface area (Å²) in [7, 11) is 0. The Hall–Kier alpha value is -2.60. The lowest BCUT2D eigenvalue weighted by Crippen LogP contribution is -2.49. The van der Waals surface area contributed by atoms with Gasteiger partial charge in [-0.1, -0.05) is 24.3 Å². The van der Waals surface area contributed by atoms with Gasteiger partial charge in [0.05, 0.1) is 6.04 Å². The highest BCUT2D eigenvalue weighted by Crippen LogP contribution is 2.39. The molecule has 6 heteroatoms. The predicted molar refractivity (Wildman–Crippen MR) is 94.1 cm³/mol. The molecule has 2 aromatic carbocycles. The van der Waals surface area contributed by atoms with Crippen molar-refractivity contribution in [3.63, 3.8) is 0 Å². The number of amides is 1. The highest BCUT2D eigenvalue weighted by Gasteiger charge is 2.43. The van der Waals surface area contributed by atoms with Crippen molar-refractivity contribution in [2.45, 2.75) is 31.4 Å². The summed E-state index contributed by atoms with van der Waals surface area (Å²) < 4.78 is 19.0. The second kappa shape index (κ2) is 7.33. The number of hydrogen-bond acceptors (Lipinski definition) is 4. The average molecular weight is 359 g/mol. The van der Waals surface area contributed by atoms with Gasteiger partial charge in [-0.3, -0.25) is 0 Å². The van der Waals surface area contributed by atoms with Crippen LogP contribution in [0.5, 0.6) is 5.75 Å². The first-order chi connectivity index (χ1) is 12.4. The Morgan fingerprint density at radius 1 is 1.19 bits per heavy atom. The Kier molecular flexibility index (Phi) is 5.13. The Balaban J connectivity index is 1.81. The fraction of sp³-hybridized carbons (Fsp3) is 0.350. The molecular weight excluding hydrogens is 337 g/mol. The first-order valence-corrected chi connectivity index (χ1v) is 8.61. The van der Waals surface area contributed by atoms with Crippen LogP contribution in [0, 0.1) is 5.82 Å². The fourth-order valence-corrected chi connectivity index (χ4v) is 3.41. The maximum absolute atomic E-state index is 13.2. The van der Waals surface area contributed by atoms with Gasteiger partial charge in [0.15, 0.2) is 0 Å². The summed E-state index contributed by atoms with van der Waals surface area (Å²) in [6.07, 6.45) is 0.272. The van der Waals surface area contributed by atoms with Crippen LogP contribution in [0.2, 0.25) is 0 Å². The Labute approximate surface area is 151 Å². The van der Waals surface area contributed by atoms with Crippen molar-refractivity contribution < 1.29 is 24.1 Å². The molecule has 1 aliphatic rings. The average Bonchev–Trinajstić information content (AvgIpc) is 2.63. The van der Waals surface area contributed by atoms with E-state index in [-0.39, 0.29) is 30.6 Å². The predicted octanol–water partition coefficient (Wildman–Crippen LogP) is 3.71. The molecule has 0 saturated carbocycles. The lowest BCUT2D eigenvalue weighted by molar-refractivity contribution is -0.0718. The molecule has 0 aliphatic carbocycles. The van der Waals surface area contributed by atoms with Crippen LogP contribution in [0.25, 0.3) is 0 Å². The van der Waals surface area contributed by atoms with Gasteiger partial charge in [0.25, 0.3) is 0 Å². The molecule has 1 aliphatic heterocycles. The molecule has 2 N–H and O–H groups in total. The third-order valence-electron chi connectivity index (χ3n) is 5.00. The van der Waals surface area contributed by atoms with Gasteiger partial charge in [-0.25, -0.2) is 9.18 Å². The number of phenolic OH excluding ortho intramolecular Hbond substituents is 1. The number of benzene rings is 2. The first-order valence-electron chi connectivity index (χ1n) is 8.61. The summed E-state index contributed by atoms with van der Waals surface area (Å²) in [5, 5.41) is 18.9. The number of ether oxygens (including phenoxy) is 1. The van der Waals surface area contributed by atoms with Gasteiger partial charge < -0.3 is 19.8 Å². The van der Waals surface area contributed by atoms with Gasteiger partial charge in [0.1, 0.15) is 17.2 Å². The summed E-state index contributed by atoms with van der Waals surface area (Å²) in [4.78, 5) is 14.3. The summed E-state index contributed by atoms with van der Waals surface area (Å²) >= 11 is 0. The molecule has 2 aromatic rings. The maximum atomic E-state index is 13.2. The lowest BCUT2D eigenvalue weighted by Gasteiger charge is -2.43. The maximum Gasteiger partial charge on any atom is 0.411 e. The van der Waals surface area contributed by atoms with Crippen LogP contribution in [0.15, 0.2) is 48.5 Å². The van der Waals surface area contributed by atoms with E-state index in [1.807, 2.05) is 6.92 Å². The molecule has 0 unspecified atom stereocenters. The number of phenols is 1. The highest BCUT2D eigenvalue weighted by atomic mass is 19.1. The van der Waals surface area contributed by atoms with Crippen molar-refractivity contribution in [1.29, 1.82) is 0 Å². The second-order valence-electron chi connectivity index (χ2n) is 6.55. The number of rotatable bonds is 5. The van der Waals surface area contributed by atoms with E-state index in [0.717, 1.165) is 5.56 Å². The molecule has 0 spiro atoms. The third kappa shape index (κ3) is 3.51. The number of carbonyl (C=O) groups excluding carboxylic acids is 1. The third-order valence-corrected chi connectivity index (χ3v) is 5.00. The van der Waals surface area contributed by atoms with Crippen LogP contribution >= 0.6 is 0 Å². The molecular formula is C20H22FNO4. The summed E-state index contributed by atoms with van der Waals surface area (Å²) in [6.45, 7) is 2.20. The van der Waals surface area contributed by atoms with Crippen LogP contribution in [-0.2, 0) is 10.3 Å². The Bertz CT molecular complexity index is 762. The topological polar surface area (TPSA) is 70.0 Å². The van der Waals surface area contributed by atoms with Gasteiger partial charge >= 0.3 is 6.09 Å². The zero-order valence-electron chi connectivity index (χ0n) is 14.6. The largest absolute Gasteiger partial charge is 0.508 e. The van der Waals surface area contributed by atoms with E-state index in [1.54, 1.807) is 41.3 Å². The molecule has 1 heterocycles. The number of aromatic hydroxyl groups is 1. The molecule has 5 nitrogen and oxygen atoms in total. The monoisotopic (exact) mass is 359 g/mol. The SMILES string of the molecule is C[C@@H](c1ccc(O)cc1)N1CC[C@](CCO)(c2ccc(F)cc2)OC1=O. The van der Waals surface area contributed by atoms with Crippen molar-refractivity contribution in [2.75, 3.05) is 13.2 Å². The van der Waals surface area contributed by atoms with E-state index >= 15 is 0 Å². The van der Waals surface area contributed by atoms with Gasteiger partial charge in [0.2, 0.25) is 0 Å². The molecule has 3 rings (SSSR count). The normalized spacial score (nSPS) is 21.3. The minimum atomic E-state index is -0.954. The Morgan fingerprint density at radius 3 is 2.42 bits per heavy atom. The van der Waals surface area contributed by atoms with Crippen LogP contribution in [-0.4, -0.2) is 34.4 Å². The molecule has 0 aromatic heterocycles. The quantitative estimate of drug-likeness (QED) is 0.854. The van der Waals surface area contributed by atoms with Crippen molar-refractivity contribution in [2.24, 2.45) is 0 Å². The minimum absolute atomic E-state index is 0.141. The summed E-state index contributed by atoms with van der Waals surface area (Å²) in [6, 6.07) is 12.3.